The van der Waals surface area contributed by atoms with Crippen LogP contribution in [-0.4, -0.2) is 11.8 Å². The maximum Gasteiger partial charge on any atom is 0.136 e. The summed E-state index contributed by atoms with van der Waals surface area (Å²) in [5.41, 5.74) is 5.83. The summed E-state index contributed by atoms with van der Waals surface area (Å²) in [5.74, 6) is 1.38. The predicted molar refractivity (Wildman–Crippen MR) is 63.6 cm³/mol. The molecule has 2 heteroatoms. The highest BCUT2D eigenvalue weighted by Gasteiger charge is 2.24. The fraction of sp³-hybridized carbons (Fsp3) is 0.923. The standard InChI is InChI=1S/C13H25NO/c1-3-4-10(2)9-13(15)11-5-7-12(14)8-6-11/h10-12H,3-9,14H2,1-2H3. The summed E-state index contributed by atoms with van der Waals surface area (Å²) >= 11 is 0. The minimum absolute atomic E-state index is 0.323. The topological polar surface area (TPSA) is 43.1 Å². The number of carbonyl (C=O) groups is 1. The summed E-state index contributed by atoms with van der Waals surface area (Å²) in [6, 6.07) is 0.349. The van der Waals surface area contributed by atoms with Crippen LogP contribution in [0.2, 0.25) is 0 Å². The second-order valence-electron chi connectivity index (χ2n) is 5.18. The number of Topliss-reactive ketones (excluding diaryl/α,β-unsaturated/α-hetero) is 1. The third kappa shape index (κ3) is 4.33. The highest BCUT2D eigenvalue weighted by Crippen LogP contribution is 2.26. The van der Waals surface area contributed by atoms with Gasteiger partial charge < -0.3 is 5.73 Å². The quantitative estimate of drug-likeness (QED) is 0.760. The second-order valence-corrected chi connectivity index (χ2v) is 5.18. The fourth-order valence-corrected chi connectivity index (χ4v) is 2.55. The summed E-state index contributed by atoms with van der Waals surface area (Å²) in [5, 5.41) is 0. The van der Waals surface area contributed by atoms with Crippen LogP contribution in [-0.2, 0) is 4.79 Å². The van der Waals surface area contributed by atoms with E-state index < -0.39 is 0 Å². The van der Waals surface area contributed by atoms with E-state index in [1.807, 2.05) is 0 Å². The van der Waals surface area contributed by atoms with E-state index >= 15 is 0 Å². The molecular formula is C13H25NO. The first kappa shape index (κ1) is 12.7. The Kier molecular flexibility index (Phi) is 5.30. The zero-order valence-electron chi connectivity index (χ0n) is 10.2. The third-order valence-electron chi connectivity index (χ3n) is 3.56. The molecule has 0 bridgehead atoms. The third-order valence-corrected chi connectivity index (χ3v) is 3.56. The van der Waals surface area contributed by atoms with Crippen LogP contribution < -0.4 is 5.73 Å². The molecule has 1 atom stereocenters. The summed E-state index contributed by atoms with van der Waals surface area (Å²) in [6.07, 6.45) is 7.28. The van der Waals surface area contributed by atoms with Gasteiger partial charge in [0.05, 0.1) is 0 Å². The number of hydrogen-bond donors (Lipinski definition) is 1. The van der Waals surface area contributed by atoms with Gasteiger partial charge >= 0.3 is 0 Å². The Bertz CT molecular complexity index is 195. The maximum absolute atomic E-state index is 11.9. The van der Waals surface area contributed by atoms with Crippen molar-refractivity contribution in [1.82, 2.24) is 0 Å². The Labute approximate surface area is 93.6 Å². The summed E-state index contributed by atoms with van der Waals surface area (Å²) in [7, 11) is 0. The molecule has 1 saturated carbocycles. The van der Waals surface area contributed by atoms with Crippen molar-refractivity contribution in [3.63, 3.8) is 0 Å². The SMILES string of the molecule is CCCC(C)CC(=O)C1CCC(N)CC1. The fourth-order valence-electron chi connectivity index (χ4n) is 2.55. The summed E-state index contributed by atoms with van der Waals surface area (Å²) < 4.78 is 0. The van der Waals surface area contributed by atoms with Crippen LogP contribution in [0.3, 0.4) is 0 Å². The van der Waals surface area contributed by atoms with Crippen molar-refractivity contribution >= 4 is 5.78 Å². The molecule has 0 aromatic carbocycles. The van der Waals surface area contributed by atoms with Gasteiger partial charge in [0.1, 0.15) is 5.78 Å². The number of carbonyl (C=O) groups excluding carboxylic acids is 1. The van der Waals surface area contributed by atoms with Gasteiger partial charge in [-0.3, -0.25) is 4.79 Å². The number of rotatable bonds is 5. The molecule has 1 aliphatic rings. The van der Waals surface area contributed by atoms with E-state index in [9.17, 15) is 4.79 Å². The Hall–Kier alpha value is -0.370. The van der Waals surface area contributed by atoms with Crippen LogP contribution in [0.5, 0.6) is 0 Å². The lowest BCUT2D eigenvalue weighted by atomic mass is 9.81. The van der Waals surface area contributed by atoms with Gasteiger partial charge in [-0.1, -0.05) is 26.7 Å². The lowest BCUT2D eigenvalue weighted by Gasteiger charge is -2.25. The highest BCUT2D eigenvalue weighted by atomic mass is 16.1. The molecule has 0 heterocycles. The zero-order valence-corrected chi connectivity index (χ0v) is 10.2. The van der Waals surface area contributed by atoms with Gasteiger partial charge in [-0.2, -0.15) is 0 Å². The minimum Gasteiger partial charge on any atom is -0.328 e. The van der Waals surface area contributed by atoms with Crippen molar-refractivity contribution in [2.24, 2.45) is 17.6 Å². The number of hydrogen-bond acceptors (Lipinski definition) is 2. The summed E-state index contributed by atoms with van der Waals surface area (Å²) in [6.45, 7) is 4.37. The van der Waals surface area contributed by atoms with E-state index in [4.69, 9.17) is 5.73 Å². The van der Waals surface area contributed by atoms with E-state index in [-0.39, 0.29) is 0 Å². The maximum atomic E-state index is 11.9. The molecule has 0 aromatic rings. The van der Waals surface area contributed by atoms with E-state index in [1.54, 1.807) is 0 Å². The van der Waals surface area contributed by atoms with Crippen LogP contribution >= 0.6 is 0 Å². The molecule has 0 aliphatic heterocycles. The van der Waals surface area contributed by atoms with Gasteiger partial charge in [0.2, 0.25) is 0 Å². The van der Waals surface area contributed by atoms with E-state index in [0.29, 0.717) is 23.7 Å². The van der Waals surface area contributed by atoms with Crippen LogP contribution in [0.25, 0.3) is 0 Å². The van der Waals surface area contributed by atoms with Gasteiger partial charge in [-0.05, 0) is 31.6 Å². The molecule has 0 radical (unpaired) electrons. The van der Waals surface area contributed by atoms with Crippen molar-refractivity contribution in [3.05, 3.63) is 0 Å². The first-order valence-corrected chi connectivity index (χ1v) is 6.41. The van der Waals surface area contributed by atoms with Crippen LogP contribution in [0.1, 0.15) is 58.8 Å². The lowest BCUT2D eigenvalue weighted by molar-refractivity contribution is -0.124. The zero-order chi connectivity index (χ0) is 11.3. The Morgan fingerprint density at radius 2 is 1.93 bits per heavy atom. The molecule has 2 nitrogen and oxygen atoms in total. The van der Waals surface area contributed by atoms with E-state index in [0.717, 1.165) is 32.1 Å². The second kappa shape index (κ2) is 6.26. The van der Waals surface area contributed by atoms with E-state index in [2.05, 4.69) is 13.8 Å². The Balaban J connectivity index is 2.27. The van der Waals surface area contributed by atoms with Gasteiger partial charge in [0, 0.05) is 18.4 Å². The van der Waals surface area contributed by atoms with Crippen molar-refractivity contribution in [1.29, 1.82) is 0 Å². The first-order chi connectivity index (χ1) is 7.13. The van der Waals surface area contributed by atoms with Gasteiger partial charge in [-0.15, -0.1) is 0 Å². The largest absolute Gasteiger partial charge is 0.328 e. The molecule has 1 aliphatic carbocycles. The average molecular weight is 211 g/mol. The lowest BCUT2D eigenvalue weighted by Crippen LogP contribution is -2.30. The molecule has 0 saturated heterocycles. The molecule has 88 valence electrons. The Morgan fingerprint density at radius 3 is 2.47 bits per heavy atom. The monoisotopic (exact) mass is 211 g/mol. The number of nitrogens with two attached hydrogens (primary N) is 1. The molecule has 2 N–H and O–H groups in total. The van der Waals surface area contributed by atoms with Crippen LogP contribution in [0, 0.1) is 11.8 Å². The van der Waals surface area contributed by atoms with Crippen LogP contribution in [0.15, 0.2) is 0 Å². The van der Waals surface area contributed by atoms with Crippen molar-refractivity contribution < 1.29 is 4.79 Å². The smallest absolute Gasteiger partial charge is 0.136 e. The predicted octanol–water partition coefficient (Wildman–Crippen LogP) is 2.90. The first-order valence-electron chi connectivity index (χ1n) is 6.41. The normalized spacial score (nSPS) is 28.7. The van der Waals surface area contributed by atoms with Crippen LogP contribution in [0.4, 0.5) is 0 Å². The molecule has 1 unspecified atom stereocenters. The minimum atomic E-state index is 0.323. The Morgan fingerprint density at radius 1 is 1.33 bits per heavy atom. The van der Waals surface area contributed by atoms with E-state index in [1.165, 1.54) is 12.8 Å². The van der Waals surface area contributed by atoms with Gasteiger partial charge in [0.15, 0.2) is 0 Å². The summed E-state index contributed by atoms with van der Waals surface area (Å²) in [4.78, 5) is 11.9. The van der Waals surface area contributed by atoms with Crippen molar-refractivity contribution in [2.45, 2.75) is 64.8 Å². The molecule has 0 aromatic heterocycles. The highest BCUT2D eigenvalue weighted by molar-refractivity contribution is 5.81. The van der Waals surface area contributed by atoms with Crippen molar-refractivity contribution in [2.75, 3.05) is 0 Å². The molecule has 15 heavy (non-hydrogen) atoms. The average Bonchev–Trinajstić information content (AvgIpc) is 2.18. The number of ketones is 1. The molecule has 1 fully saturated rings. The van der Waals surface area contributed by atoms with Crippen molar-refractivity contribution in [3.8, 4) is 0 Å². The molecule has 1 rings (SSSR count). The van der Waals surface area contributed by atoms with Gasteiger partial charge in [0.25, 0.3) is 0 Å². The molecule has 0 amide bonds. The molecular weight excluding hydrogens is 186 g/mol. The molecule has 0 spiro atoms. The van der Waals surface area contributed by atoms with Gasteiger partial charge in [-0.25, -0.2) is 0 Å².